The van der Waals surface area contributed by atoms with Crippen LogP contribution in [0, 0.1) is 0 Å². The molecule has 0 heterocycles. The van der Waals surface area contributed by atoms with E-state index in [1.807, 2.05) is 0 Å². The zero-order chi connectivity index (χ0) is 28.9. The predicted molar refractivity (Wildman–Crippen MR) is 106 cm³/mol. The van der Waals surface area contributed by atoms with E-state index in [0.29, 0.717) is 5.56 Å². The van der Waals surface area contributed by atoms with E-state index in [2.05, 4.69) is 0 Å². The van der Waals surface area contributed by atoms with Crippen LogP contribution in [0.15, 0.2) is 30.3 Å². The number of carboxylic acids is 6. The smallest absolute Gasteiger partial charge is 0.479 e. The van der Waals surface area contributed by atoms with Gasteiger partial charge in [0.15, 0.2) is 12.2 Å². The summed E-state index contributed by atoms with van der Waals surface area (Å²) in [5.41, 5.74) is 0.331. The van der Waals surface area contributed by atoms with E-state index < -0.39 is 60.3 Å². The van der Waals surface area contributed by atoms with Gasteiger partial charge < -0.3 is 56.2 Å². The summed E-state index contributed by atoms with van der Waals surface area (Å²) in [5.74, 6) is -9.25. The zero-order valence-electron chi connectivity index (χ0n) is 17.4. The summed E-state index contributed by atoms with van der Waals surface area (Å²) in [6, 6.07) is 8.30. The fourth-order valence-electron chi connectivity index (χ4n) is 0.851. The number of aliphatic hydroxyl groups excluding tert-OH is 3. The largest absolute Gasteiger partial charge is 0.503 e. The molecule has 35 heavy (non-hydrogen) atoms. The number of carbonyl (C=O) groups is 7. The first kappa shape index (κ1) is 37.5. The van der Waals surface area contributed by atoms with Gasteiger partial charge >= 0.3 is 42.0 Å². The van der Waals surface area contributed by atoms with Gasteiger partial charge in [-0.2, -0.15) is 0 Å². The molecule has 0 saturated heterocycles. The van der Waals surface area contributed by atoms with E-state index >= 15 is 0 Å². The van der Waals surface area contributed by atoms with E-state index in [1.54, 1.807) is 30.3 Å². The van der Waals surface area contributed by atoms with Crippen LogP contribution < -0.4 is 0 Å². The molecule has 3 atom stereocenters. The van der Waals surface area contributed by atoms with Crippen molar-refractivity contribution in [1.29, 1.82) is 0 Å². The molecule has 0 spiro atoms. The maximum absolute atomic E-state index is 10.2. The van der Waals surface area contributed by atoms with Crippen molar-refractivity contribution in [3.8, 4) is 0 Å². The van der Waals surface area contributed by atoms with Crippen molar-refractivity contribution in [2.45, 2.75) is 25.2 Å². The molecule has 1 aromatic carbocycles. The molecule has 0 bridgehead atoms. The number of hydrogen-bond acceptors (Lipinski definition) is 10. The van der Waals surface area contributed by atoms with Crippen LogP contribution in [0.4, 0.5) is 4.79 Å². The fourth-order valence-corrected chi connectivity index (χ4v) is 0.851. The van der Waals surface area contributed by atoms with E-state index in [0.717, 1.165) is 0 Å². The minimum atomic E-state index is -2.27. The Hall–Kier alpha value is -4.81. The minimum Gasteiger partial charge on any atom is -0.479 e. The third kappa shape index (κ3) is 29.2. The SMILES string of the molecule is CC(O)C(=O)O.O=C(O)C(=O)O.O=C(O)C(O)C(O)C(=O)O.O=C(O)O.O=C(O)c1ccccc1. The summed E-state index contributed by atoms with van der Waals surface area (Å²) < 4.78 is 0. The van der Waals surface area contributed by atoms with Crippen LogP contribution in [0.5, 0.6) is 0 Å². The maximum atomic E-state index is 10.2. The van der Waals surface area contributed by atoms with Gasteiger partial charge in [-0.05, 0) is 19.1 Å². The van der Waals surface area contributed by atoms with Crippen molar-refractivity contribution >= 4 is 42.0 Å². The van der Waals surface area contributed by atoms with Crippen LogP contribution in [0.2, 0.25) is 0 Å². The molecule has 0 fully saturated rings. The molecule has 18 nitrogen and oxygen atoms in total. The summed E-state index contributed by atoms with van der Waals surface area (Å²) >= 11 is 0. The van der Waals surface area contributed by atoms with Gasteiger partial charge in [-0.1, -0.05) is 18.2 Å². The Morgan fingerprint density at radius 1 is 0.571 bits per heavy atom. The van der Waals surface area contributed by atoms with Gasteiger partial charge in [0.05, 0.1) is 5.56 Å². The molecule has 18 heteroatoms. The number of aliphatic hydroxyl groups is 3. The molecular weight excluding hydrogens is 492 g/mol. The molecule has 3 unspecified atom stereocenters. The lowest BCUT2D eigenvalue weighted by Gasteiger charge is -2.07. The Balaban J connectivity index is -0.000000178. The summed E-state index contributed by atoms with van der Waals surface area (Å²) in [6.07, 6.45) is -7.60. The van der Waals surface area contributed by atoms with Crippen LogP contribution in [-0.2, 0) is 24.0 Å². The second kappa shape index (κ2) is 21.1. The van der Waals surface area contributed by atoms with Crippen molar-refractivity contribution in [2.75, 3.05) is 0 Å². The highest BCUT2D eigenvalue weighted by Gasteiger charge is 2.29. The Bertz CT molecular complexity index is 797. The first-order valence-corrected chi connectivity index (χ1v) is 8.18. The molecule has 0 aromatic heterocycles. The van der Waals surface area contributed by atoms with Crippen LogP contribution in [0.25, 0.3) is 0 Å². The third-order valence-corrected chi connectivity index (χ3v) is 2.37. The molecule has 0 saturated carbocycles. The Kier molecular flexibility index (Phi) is 22.6. The number of rotatable bonds is 5. The molecule has 0 radical (unpaired) electrons. The van der Waals surface area contributed by atoms with Crippen molar-refractivity contribution in [2.24, 2.45) is 0 Å². The highest BCUT2D eigenvalue weighted by molar-refractivity contribution is 6.27. The predicted octanol–water partition coefficient (Wildman–Crippen LogP) is -1.91. The summed E-state index contributed by atoms with van der Waals surface area (Å²) in [6.45, 7) is 1.20. The highest BCUT2D eigenvalue weighted by atomic mass is 16.6. The second-order valence-corrected chi connectivity index (χ2v) is 5.14. The molecule has 0 aliphatic rings. The lowest BCUT2D eigenvalue weighted by atomic mass is 10.2. The number of aromatic carboxylic acids is 1. The Morgan fingerprint density at radius 3 is 0.943 bits per heavy atom. The molecule has 11 N–H and O–H groups in total. The average molecular weight is 514 g/mol. The van der Waals surface area contributed by atoms with Crippen LogP contribution in [0.1, 0.15) is 17.3 Å². The van der Waals surface area contributed by atoms with Crippen LogP contribution in [0.3, 0.4) is 0 Å². The summed E-state index contributed by atoms with van der Waals surface area (Å²) in [7, 11) is 0. The van der Waals surface area contributed by atoms with Gasteiger partial charge in [0.25, 0.3) is 0 Å². The molecule has 0 amide bonds. The van der Waals surface area contributed by atoms with E-state index in [-0.39, 0.29) is 0 Å². The third-order valence-electron chi connectivity index (χ3n) is 2.37. The normalized spacial score (nSPS) is 11.1. The lowest BCUT2D eigenvalue weighted by molar-refractivity contribution is -0.165. The van der Waals surface area contributed by atoms with Gasteiger partial charge in [-0.3, -0.25) is 0 Å². The Morgan fingerprint density at radius 2 is 0.829 bits per heavy atom. The van der Waals surface area contributed by atoms with Gasteiger partial charge in [0.1, 0.15) is 6.10 Å². The monoisotopic (exact) mass is 514 g/mol. The standard InChI is InChI=1S/C7H6O2.C4H6O6.C3H6O3.C2H2O4.CH2O3/c8-7(9)6-4-2-1-3-5-6;5-1(3(7)8)2(6)4(9)10;1-2(4)3(5)6;3-1(4)2(5)6;2-1(3)4/h1-5H,(H,8,9);1-2,5-6H,(H,7,8)(H,9,10);2,4H,1H3,(H,5,6);(H,3,4)(H,5,6);(H2,2,3,4). The second-order valence-electron chi connectivity index (χ2n) is 5.14. The number of carboxylic acid groups (broad SMARTS) is 8. The number of benzene rings is 1. The molecule has 198 valence electrons. The Labute approximate surface area is 193 Å². The summed E-state index contributed by atoms with van der Waals surface area (Å²) in [5, 5.41) is 85.4. The fraction of sp³-hybridized carbons (Fsp3) is 0.235. The van der Waals surface area contributed by atoms with Gasteiger partial charge in [0.2, 0.25) is 0 Å². The zero-order valence-corrected chi connectivity index (χ0v) is 17.4. The molecule has 0 aliphatic carbocycles. The quantitative estimate of drug-likeness (QED) is 0.191. The molecule has 1 aromatic rings. The topological polar surface area (TPSA) is 342 Å². The highest BCUT2D eigenvalue weighted by Crippen LogP contribution is 1.96. The summed E-state index contributed by atoms with van der Waals surface area (Å²) in [4.78, 5) is 65.9. The van der Waals surface area contributed by atoms with Crippen molar-refractivity contribution in [3.05, 3.63) is 35.9 Å². The maximum Gasteiger partial charge on any atom is 0.503 e. The van der Waals surface area contributed by atoms with Crippen molar-refractivity contribution in [1.82, 2.24) is 0 Å². The lowest BCUT2D eigenvalue weighted by Crippen LogP contribution is -2.39. The first-order valence-electron chi connectivity index (χ1n) is 8.18. The van der Waals surface area contributed by atoms with Gasteiger partial charge in [0, 0.05) is 0 Å². The first-order chi connectivity index (χ1) is 15.8. The molecule has 0 aliphatic heterocycles. The van der Waals surface area contributed by atoms with E-state index in [4.69, 9.17) is 70.6 Å². The average Bonchev–Trinajstić information content (AvgIpc) is 2.73. The molecule has 1 rings (SSSR count). The van der Waals surface area contributed by atoms with E-state index in [9.17, 15) is 19.2 Å². The van der Waals surface area contributed by atoms with Gasteiger partial charge in [-0.15, -0.1) is 0 Å². The minimum absolute atomic E-state index is 0.331. The van der Waals surface area contributed by atoms with Crippen LogP contribution >= 0.6 is 0 Å². The number of aliphatic carboxylic acids is 5. The number of hydrogen-bond donors (Lipinski definition) is 11. The van der Waals surface area contributed by atoms with Crippen LogP contribution in [-0.4, -0.2) is 116 Å². The molecular formula is C17H22O18. The van der Waals surface area contributed by atoms with E-state index in [1.165, 1.54) is 6.92 Å². The van der Waals surface area contributed by atoms with Crippen molar-refractivity contribution < 1.29 is 89.7 Å². The van der Waals surface area contributed by atoms with Crippen molar-refractivity contribution in [3.63, 3.8) is 0 Å². The van der Waals surface area contributed by atoms with Gasteiger partial charge in [-0.25, -0.2) is 33.6 Å².